The van der Waals surface area contributed by atoms with E-state index in [1.165, 1.54) is 7.11 Å². The van der Waals surface area contributed by atoms with Crippen LogP contribution in [0.4, 0.5) is 17.1 Å². The zero-order valence-electron chi connectivity index (χ0n) is 15.7. The van der Waals surface area contributed by atoms with Gasteiger partial charge in [0.1, 0.15) is 17.2 Å². The second-order valence-corrected chi connectivity index (χ2v) is 6.47. The van der Waals surface area contributed by atoms with Gasteiger partial charge >= 0.3 is 0 Å². The van der Waals surface area contributed by atoms with E-state index in [0.717, 1.165) is 5.56 Å². The molecule has 2 N–H and O–H groups in total. The minimum atomic E-state index is -0.298. The number of hydrogen-bond donors (Lipinski definition) is 2. The maximum absolute atomic E-state index is 12.5. The summed E-state index contributed by atoms with van der Waals surface area (Å²) in [6.07, 6.45) is 1.56. The zero-order valence-corrected chi connectivity index (χ0v) is 16.5. The molecule has 0 bridgehead atoms. The Morgan fingerprint density at radius 1 is 0.964 bits per heavy atom. The van der Waals surface area contributed by atoms with Gasteiger partial charge in [0.2, 0.25) is 0 Å². The molecule has 0 unspecified atom stereocenters. The van der Waals surface area contributed by atoms with E-state index in [4.69, 9.17) is 21.1 Å². The van der Waals surface area contributed by atoms with E-state index in [0.29, 0.717) is 33.6 Å². The van der Waals surface area contributed by atoms with Gasteiger partial charge in [-0.25, -0.2) is 0 Å². The zero-order chi connectivity index (χ0) is 20.1. The highest BCUT2D eigenvalue weighted by atomic mass is 35.5. The van der Waals surface area contributed by atoms with Crippen molar-refractivity contribution in [1.29, 1.82) is 0 Å². The van der Waals surface area contributed by atoms with E-state index in [2.05, 4.69) is 15.6 Å². The van der Waals surface area contributed by atoms with E-state index in [9.17, 15) is 4.79 Å². The lowest BCUT2D eigenvalue weighted by atomic mass is 10.2. The van der Waals surface area contributed by atoms with Gasteiger partial charge in [0.25, 0.3) is 5.91 Å². The minimum Gasteiger partial charge on any atom is -0.495 e. The van der Waals surface area contributed by atoms with Crippen molar-refractivity contribution in [3.63, 3.8) is 0 Å². The molecule has 7 heteroatoms. The van der Waals surface area contributed by atoms with Crippen LogP contribution in [-0.4, -0.2) is 25.1 Å². The molecule has 0 atom stereocenters. The van der Waals surface area contributed by atoms with Crippen molar-refractivity contribution < 1.29 is 14.3 Å². The maximum Gasteiger partial charge on any atom is 0.274 e. The number of carbonyl (C=O) groups is 1. The first-order valence-electron chi connectivity index (χ1n) is 8.53. The Balaban J connectivity index is 1.81. The predicted molar refractivity (Wildman–Crippen MR) is 111 cm³/mol. The van der Waals surface area contributed by atoms with Crippen LogP contribution in [0, 0.1) is 6.92 Å². The fourth-order valence-electron chi connectivity index (χ4n) is 2.58. The number of halogens is 1. The molecule has 0 fully saturated rings. The Hall–Kier alpha value is -3.25. The predicted octanol–water partition coefficient (Wildman–Crippen LogP) is 5.06. The Bertz CT molecular complexity index is 991. The fraction of sp³-hybridized carbons (Fsp3) is 0.143. The highest BCUT2D eigenvalue weighted by Crippen LogP contribution is 2.37. The van der Waals surface area contributed by atoms with Crippen LogP contribution in [-0.2, 0) is 0 Å². The Labute approximate surface area is 168 Å². The fourth-order valence-corrected chi connectivity index (χ4v) is 2.81. The molecule has 144 valence electrons. The van der Waals surface area contributed by atoms with Crippen molar-refractivity contribution in [3.8, 4) is 11.5 Å². The molecule has 2 aromatic carbocycles. The van der Waals surface area contributed by atoms with E-state index >= 15 is 0 Å². The molecule has 1 heterocycles. The van der Waals surface area contributed by atoms with Crippen LogP contribution >= 0.6 is 11.6 Å². The summed E-state index contributed by atoms with van der Waals surface area (Å²) in [5.41, 5.74) is 3.44. The van der Waals surface area contributed by atoms with Crippen molar-refractivity contribution in [1.82, 2.24) is 4.98 Å². The van der Waals surface area contributed by atoms with Crippen LogP contribution in [0.5, 0.6) is 11.5 Å². The average Bonchev–Trinajstić information content (AvgIpc) is 2.71. The third-order valence-electron chi connectivity index (χ3n) is 4.05. The molecule has 1 aromatic heterocycles. The Morgan fingerprint density at radius 2 is 1.68 bits per heavy atom. The second-order valence-electron chi connectivity index (χ2n) is 6.06. The minimum absolute atomic E-state index is 0.283. The number of amides is 1. The van der Waals surface area contributed by atoms with Crippen LogP contribution in [0.3, 0.4) is 0 Å². The van der Waals surface area contributed by atoms with Gasteiger partial charge < -0.3 is 20.1 Å². The molecule has 0 spiro atoms. The second kappa shape index (κ2) is 8.63. The Morgan fingerprint density at radius 3 is 2.36 bits per heavy atom. The first-order valence-corrected chi connectivity index (χ1v) is 8.90. The number of nitrogens with one attached hydrogen (secondary N) is 2. The molecule has 6 nitrogen and oxygen atoms in total. The number of rotatable bonds is 6. The van der Waals surface area contributed by atoms with Gasteiger partial charge in [0, 0.05) is 29.7 Å². The molecule has 28 heavy (non-hydrogen) atoms. The number of ether oxygens (including phenoxy) is 2. The topological polar surface area (TPSA) is 72.5 Å². The third kappa shape index (κ3) is 4.53. The molecular formula is C21H20ClN3O3. The number of aryl methyl sites for hydroxylation is 1. The number of aromatic nitrogens is 1. The number of hydrogen-bond acceptors (Lipinski definition) is 5. The summed E-state index contributed by atoms with van der Waals surface area (Å²) in [5, 5.41) is 6.48. The number of carbonyl (C=O) groups excluding carboxylic acids is 1. The largest absolute Gasteiger partial charge is 0.495 e. The van der Waals surface area contributed by atoms with E-state index < -0.39 is 0 Å². The average molecular weight is 398 g/mol. The molecule has 0 saturated heterocycles. The van der Waals surface area contributed by atoms with Crippen LogP contribution in [0.2, 0.25) is 5.02 Å². The van der Waals surface area contributed by atoms with Gasteiger partial charge in [-0.2, -0.15) is 0 Å². The molecule has 0 saturated carbocycles. The normalized spacial score (nSPS) is 10.3. The first-order chi connectivity index (χ1) is 13.5. The molecule has 3 aromatic rings. The van der Waals surface area contributed by atoms with Crippen molar-refractivity contribution in [2.45, 2.75) is 6.92 Å². The third-order valence-corrected chi connectivity index (χ3v) is 4.35. The van der Waals surface area contributed by atoms with E-state index in [-0.39, 0.29) is 11.6 Å². The lowest BCUT2D eigenvalue weighted by Crippen LogP contribution is -2.13. The van der Waals surface area contributed by atoms with Gasteiger partial charge in [0.15, 0.2) is 0 Å². The number of nitrogens with zero attached hydrogens (tertiary/aromatic N) is 1. The molecule has 0 aliphatic rings. The monoisotopic (exact) mass is 397 g/mol. The maximum atomic E-state index is 12.5. The summed E-state index contributed by atoms with van der Waals surface area (Å²) in [4.78, 5) is 16.7. The van der Waals surface area contributed by atoms with E-state index in [1.807, 2.05) is 31.2 Å². The number of benzene rings is 2. The summed E-state index contributed by atoms with van der Waals surface area (Å²) in [5.74, 6) is 0.762. The molecule has 0 aliphatic heterocycles. The Kier molecular flexibility index (Phi) is 6.01. The molecule has 1 amide bonds. The molecule has 0 aliphatic carbocycles. The lowest BCUT2D eigenvalue weighted by molar-refractivity contribution is 0.102. The summed E-state index contributed by atoms with van der Waals surface area (Å²) in [6.45, 7) is 1.99. The van der Waals surface area contributed by atoms with Crippen molar-refractivity contribution in [2.24, 2.45) is 0 Å². The van der Waals surface area contributed by atoms with Gasteiger partial charge in [-0.15, -0.1) is 0 Å². The van der Waals surface area contributed by atoms with Crippen LogP contribution in [0.15, 0.2) is 54.7 Å². The highest BCUT2D eigenvalue weighted by Gasteiger charge is 2.12. The molecular weight excluding hydrogens is 378 g/mol. The van der Waals surface area contributed by atoms with Crippen molar-refractivity contribution in [2.75, 3.05) is 24.9 Å². The van der Waals surface area contributed by atoms with Gasteiger partial charge in [-0.05, 0) is 31.2 Å². The van der Waals surface area contributed by atoms with E-state index in [1.54, 1.807) is 37.6 Å². The SMILES string of the molecule is COc1cc(Nc2ccnc(C(=O)Nc3ccc(C)cc3)c2)c(OC)cc1Cl. The molecule has 3 rings (SSSR count). The van der Waals surface area contributed by atoms with Gasteiger partial charge in [0.05, 0.1) is 24.9 Å². The number of pyridine rings is 1. The quantitative estimate of drug-likeness (QED) is 0.608. The lowest BCUT2D eigenvalue weighted by Gasteiger charge is -2.14. The van der Waals surface area contributed by atoms with Crippen LogP contribution in [0.1, 0.15) is 16.1 Å². The summed E-state index contributed by atoms with van der Waals surface area (Å²) < 4.78 is 10.6. The highest BCUT2D eigenvalue weighted by molar-refractivity contribution is 6.32. The summed E-state index contributed by atoms with van der Waals surface area (Å²) in [6, 6.07) is 14.4. The summed E-state index contributed by atoms with van der Waals surface area (Å²) in [7, 11) is 3.09. The smallest absolute Gasteiger partial charge is 0.274 e. The van der Waals surface area contributed by atoms with Crippen LogP contribution < -0.4 is 20.1 Å². The van der Waals surface area contributed by atoms with Crippen LogP contribution in [0.25, 0.3) is 0 Å². The van der Waals surface area contributed by atoms with Crippen molar-refractivity contribution >= 4 is 34.6 Å². The van der Waals surface area contributed by atoms with Gasteiger partial charge in [-0.3, -0.25) is 9.78 Å². The first kappa shape index (κ1) is 19.5. The molecule has 0 radical (unpaired) electrons. The number of anilines is 3. The number of methoxy groups -OCH3 is 2. The standard InChI is InChI=1S/C21H20ClN3O3/c1-13-4-6-14(7-5-13)25-21(26)18-10-15(8-9-23-18)24-17-12-19(27-2)16(22)11-20(17)28-3/h4-12H,1-3H3,(H,23,24)(H,25,26). The van der Waals surface area contributed by atoms with Gasteiger partial charge in [-0.1, -0.05) is 29.3 Å². The van der Waals surface area contributed by atoms with Crippen molar-refractivity contribution in [3.05, 3.63) is 71.0 Å². The summed E-state index contributed by atoms with van der Waals surface area (Å²) >= 11 is 6.14.